The van der Waals surface area contributed by atoms with E-state index in [0.717, 1.165) is 27.0 Å². The lowest BCUT2D eigenvalue weighted by Crippen LogP contribution is -2.45. The van der Waals surface area contributed by atoms with Crippen LogP contribution in [0.3, 0.4) is 0 Å². The second-order valence-electron chi connectivity index (χ2n) is 10.2. The Hall–Kier alpha value is -4.45. The van der Waals surface area contributed by atoms with Gasteiger partial charge in [0.15, 0.2) is 11.4 Å². The summed E-state index contributed by atoms with van der Waals surface area (Å²) < 4.78 is 25.8. The van der Waals surface area contributed by atoms with Crippen molar-refractivity contribution in [2.45, 2.75) is 46.3 Å². The van der Waals surface area contributed by atoms with Gasteiger partial charge in [0.25, 0.3) is 5.91 Å². The van der Waals surface area contributed by atoms with Gasteiger partial charge in [0.05, 0.1) is 10.6 Å². The van der Waals surface area contributed by atoms with Crippen molar-refractivity contribution < 1.29 is 23.5 Å². The highest BCUT2D eigenvalue weighted by Gasteiger charge is 2.30. The second kappa shape index (κ2) is 13.9. The number of nitrogens with zero attached hydrogens (tertiary/aromatic N) is 2. The zero-order valence-electron chi connectivity index (χ0n) is 24.1. The van der Waals surface area contributed by atoms with Crippen LogP contribution in [-0.2, 0) is 17.8 Å². The first-order chi connectivity index (χ1) is 19.8. The molecule has 0 saturated carbocycles. The molecule has 10 nitrogen and oxygen atoms in total. The van der Waals surface area contributed by atoms with Gasteiger partial charge in [-0.2, -0.15) is 0 Å². The largest absolute Gasteiger partial charge is 0.482 e. The first-order valence-electron chi connectivity index (χ1n) is 13.1. The summed E-state index contributed by atoms with van der Waals surface area (Å²) in [5.74, 6) is -1.45. The Kier molecular flexibility index (Phi) is 10.6. The van der Waals surface area contributed by atoms with Crippen molar-refractivity contribution in [3.05, 3.63) is 99.2 Å². The maximum Gasteiger partial charge on any atom is 0.429 e. The number of benzene rings is 2. The molecular formula is C30H34FN5O5S. The van der Waals surface area contributed by atoms with Gasteiger partial charge in [-0.15, -0.1) is 0 Å². The van der Waals surface area contributed by atoms with Crippen LogP contribution in [0.4, 0.5) is 9.18 Å². The number of amides is 2. The highest BCUT2D eigenvalue weighted by atomic mass is 32.2. The summed E-state index contributed by atoms with van der Waals surface area (Å²) in [7, 11) is 1.36. The Labute approximate surface area is 247 Å². The molecule has 0 radical (unpaired) electrons. The van der Waals surface area contributed by atoms with E-state index < -0.39 is 28.8 Å². The summed E-state index contributed by atoms with van der Waals surface area (Å²) in [6, 6.07) is 14.6. The van der Waals surface area contributed by atoms with Crippen LogP contribution in [-0.4, -0.2) is 46.0 Å². The van der Waals surface area contributed by atoms with Gasteiger partial charge < -0.3 is 14.8 Å². The molecular weight excluding hydrogens is 561 g/mol. The van der Waals surface area contributed by atoms with Crippen molar-refractivity contribution in [1.82, 2.24) is 9.99 Å². The van der Waals surface area contributed by atoms with Crippen LogP contribution in [0.5, 0.6) is 5.75 Å². The predicted octanol–water partition coefficient (Wildman–Crippen LogP) is 5.10. The quantitative estimate of drug-likeness (QED) is 0.233. The fourth-order valence-corrected chi connectivity index (χ4v) is 4.45. The molecule has 222 valence electrons. The van der Waals surface area contributed by atoms with E-state index in [1.807, 2.05) is 6.07 Å². The molecule has 42 heavy (non-hydrogen) atoms. The van der Waals surface area contributed by atoms with Crippen LogP contribution < -0.4 is 20.5 Å². The zero-order valence-corrected chi connectivity index (χ0v) is 24.9. The van der Waals surface area contributed by atoms with Crippen LogP contribution in [0.15, 0.2) is 65.6 Å². The van der Waals surface area contributed by atoms with Crippen LogP contribution in [0.2, 0.25) is 0 Å². The molecule has 2 amide bonds. The molecule has 3 N–H and O–H groups in total. The normalized spacial score (nSPS) is 11.0. The third-order valence-electron chi connectivity index (χ3n) is 5.65. The van der Waals surface area contributed by atoms with Gasteiger partial charge in [0.1, 0.15) is 23.1 Å². The second-order valence-corrected chi connectivity index (χ2v) is 11.3. The summed E-state index contributed by atoms with van der Waals surface area (Å²) in [5.41, 5.74) is -0.689. The van der Waals surface area contributed by atoms with Crippen molar-refractivity contribution in [3.63, 3.8) is 0 Å². The fourth-order valence-electron chi connectivity index (χ4n) is 3.71. The van der Waals surface area contributed by atoms with Gasteiger partial charge in [-0.25, -0.2) is 18.9 Å². The van der Waals surface area contributed by atoms with Crippen LogP contribution in [0, 0.1) is 16.6 Å². The minimum atomic E-state index is -0.857. The molecule has 0 saturated heterocycles. The van der Waals surface area contributed by atoms with Gasteiger partial charge in [-0.05, 0) is 51.0 Å². The van der Waals surface area contributed by atoms with E-state index in [1.54, 1.807) is 52.0 Å². The number of ether oxygens (including phenoxy) is 2. The standard InChI is InChI=1S/C30H34FN5O5S/c1-6-34-28(38)24-26(40-18-20-10-8-7-9-11-20)25(37)22(17-36(24)35(5)29(39)41-30(2,3)4)27(33)42-23(32)16-19-12-14-21(31)15-13-19/h7-15,17,32-33H,6,16,18H2,1-5H3,(H,34,38). The highest BCUT2D eigenvalue weighted by molar-refractivity contribution is 8.26. The number of carbonyl (C=O) groups is 2. The minimum absolute atomic E-state index is 0.0256. The van der Waals surface area contributed by atoms with E-state index >= 15 is 0 Å². The number of hydrogen-bond acceptors (Lipinski definition) is 8. The summed E-state index contributed by atoms with van der Waals surface area (Å²) >= 11 is 0.721. The number of thioether (sulfide) groups is 1. The Bertz CT molecular complexity index is 1520. The van der Waals surface area contributed by atoms with Crippen LogP contribution in [0.1, 0.15) is 54.9 Å². The van der Waals surface area contributed by atoms with Crippen molar-refractivity contribution in [2.24, 2.45) is 0 Å². The number of pyridine rings is 1. The number of nitrogens with one attached hydrogen (secondary N) is 3. The summed E-state index contributed by atoms with van der Waals surface area (Å²) in [6.45, 7) is 6.93. The Morgan fingerprint density at radius 1 is 1.05 bits per heavy atom. The van der Waals surface area contributed by atoms with E-state index in [9.17, 15) is 18.8 Å². The fraction of sp³-hybridized carbons (Fsp3) is 0.300. The van der Waals surface area contributed by atoms with Gasteiger partial charge >= 0.3 is 6.09 Å². The lowest BCUT2D eigenvalue weighted by molar-refractivity contribution is 0.0548. The molecule has 3 rings (SSSR count). The lowest BCUT2D eigenvalue weighted by atomic mass is 10.2. The molecule has 2 aromatic carbocycles. The van der Waals surface area contributed by atoms with Crippen LogP contribution in [0.25, 0.3) is 0 Å². The monoisotopic (exact) mass is 595 g/mol. The number of aromatic nitrogens is 1. The third kappa shape index (κ3) is 8.53. The van der Waals surface area contributed by atoms with Crippen molar-refractivity contribution in [1.29, 1.82) is 10.8 Å². The van der Waals surface area contributed by atoms with E-state index in [4.69, 9.17) is 20.3 Å². The molecule has 0 bridgehead atoms. The molecule has 12 heteroatoms. The number of halogens is 1. The maximum absolute atomic E-state index is 13.8. The van der Waals surface area contributed by atoms with Gasteiger partial charge in [0.2, 0.25) is 5.43 Å². The number of carbonyl (C=O) groups excluding carboxylic acids is 2. The molecule has 1 heterocycles. The third-order valence-corrected chi connectivity index (χ3v) is 6.47. The van der Waals surface area contributed by atoms with Gasteiger partial charge in [-0.3, -0.25) is 20.4 Å². The molecule has 0 aliphatic rings. The Morgan fingerprint density at radius 3 is 2.29 bits per heavy atom. The van der Waals surface area contributed by atoms with Gasteiger partial charge in [0, 0.05) is 26.2 Å². The smallest absolute Gasteiger partial charge is 0.429 e. The summed E-state index contributed by atoms with van der Waals surface area (Å²) in [6.07, 6.45) is 0.473. The minimum Gasteiger partial charge on any atom is -0.482 e. The topological polar surface area (TPSA) is 138 Å². The molecule has 1 aromatic heterocycles. The first kappa shape index (κ1) is 32.1. The predicted molar refractivity (Wildman–Crippen MR) is 162 cm³/mol. The molecule has 0 spiro atoms. The van der Waals surface area contributed by atoms with E-state index in [-0.39, 0.29) is 46.7 Å². The molecule has 0 fully saturated rings. The zero-order chi connectivity index (χ0) is 31.0. The molecule has 0 atom stereocenters. The maximum atomic E-state index is 13.8. The average Bonchev–Trinajstić information content (AvgIpc) is 2.92. The highest BCUT2D eigenvalue weighted by Crippen LogP contribution is 2.22. The Morgan fingerprint density at radius 2 is 1.69 bits per heavy atom. The van der Waals surface area contributed by atoms with E-state index in [1.165, 1.54) is 37.5 Å². The van der Waals surface area contributed by atoms with Crippen molar-refractivity contribution >= 4 is 33.8 Å². The summed E-state index contributed by atoms with van der Waals surface area (Å²) in [4.78, 5) is 40.2. The molecule has 0 aliphatic carbocycles. The van der Waals surface area contributed by atoms with Gasteiger partial charge in [-0.1, -0.05) is 54.2 Å². The van der Waals surface area contributed by atoms with Crippen molar-refractivity contribution in [3.8, 4) is 5.75 Å². The lowest BCUT2D eigenvalue weighted by Gasteiger charge is -2.28. The summed E-state index contributed by atoms with van der Waals surface area (Å²) in [5, 5.41) is 20.5. The average molecular weight is 596 g/mol. The van der Waals surface area contributed by atoms with E-state index in [0.29, 0.717) is 5.56 Å². The van der Waals surface area contributed by atoms with E-state index in [2.05, 4.69) is 5.32 Å². The molecule has 0 unspecified atom stereocenters. The molecule has 3 aromatic rings. The SMILES string of the molecule is CCNC(=O)c1c(OCc2ccccc2)c(=O)c(C(=N)SC(=N)Cc2ccc(F)cc2)cn1N(C)C(=O)OC(C)(C)C. The van der Waals surface area contributed by atoms with Crippen molar-refractivity contribution in [2.75, 3.05) is 18.6 Å². The molecule has 0 aliphatic heterocycles. The number of hydrogen-bond donors (Lipinski definition) is 3. The Balaban J connectivity index is 2.10. The first-order valence-corrected chi connectivity index (χ1v) is 13.9. The van der Waals surface area contributed by atoms with Crippen LogP contribution >= 0.6 is 11.8 Å². The number of rotatable bonds is 9.